The second kappa shape index (κ2) is 2.03. The van der Waals surface area contributed by atoms with Crippen LogP contribution in [0, 0.1) is 4.77 Å². The minimum atomic E-state index is 0.360. The van der Waals surface area contributed by atoms with Gasteiger partial charge in [0.25, 0.3) is 0 Å². The van der Waals surface area contributed by atoms with Crippen LogP contribution < -0.4 is 5.73 Å². The van der Waals surface area contributed by atoms with Crippen LogP contribution in [0.5, 0.6) is 0 Å². The molecule has 0 spiro atoms. The van der Waals surface area contributed by atoms with Gasteiger partial charge < -0.3 is 10.7 Å². The summed E-state index contributed by atoms with van der Waals surface area (Å²) in [6.45, 7) is 0. The van der Waals surface area contributed by atoms with Gasteiger partial charge in [-0.1, -0.05) is 0 Å². The predicted molar refractivity (Wildman–Crippen MR) is 43.5 cm³/mol. The minimum absolute atomic E-state index is 0.360. The number of nitrogens with one attached hydrogen (secondary N) is 2. The van der Waals surface area contributed by atoms with E-state index in [9.17, 15) is 0 Å². The largest absolute Gasteiger partial charge is 0.385 e. The van der Waals surface area contributed by atoms with E-state index in [1.54, 1.807) is 6.20 Å². The number of nitrogens with zero attached hydrogens (tertiary/aromatic N) is 2. The lowest BCUT2D eigenvalue weighted by atomic mass is 10.4. The van der Waals surface area contributed by atoms with E-state index in [0.717, 1.165) is 5.39 Å². The molecular weight excluding hydrogens is 162 g/mol. The average molecular weight is 167 g/mol. The van der Waals surface area contributed by atoms with Crippen molar-refractivity contribution in [3.8, 4) is 0 Å². The van der Waals surface area contributed by atoms with Crippen molar-refractivity contribution in [2.45, 2.75) is 0 Å². The molecule has 4 N–H and O–H groups in total. The molecule has 2 rings (SSSR count). The normalized spacial score (nSPS) is 10.5. The van der Waals surface area contributed by atoms with Crippen LogP contribution in [-0.4, -0.2) is 20.2 Å². The Balaban J connectivity index is 3.02. The summed E-state index contributed by atoms with van der Waals surface area (Å²) < 4.78 is 0.360. The number of anilines is 1. The van der Waals surface area contributed by atoms with Gasteiger partial charge in [0.2, 0.25) is 0 Å². The van der Waals surface area contributed by atoms with Gasteiger partial charge in [0.1, 0.15) is 5.82 Å². The Morgan fingerprint density at radius 2 is 2.36 bits per heavy atom. The molecule has 56 valence electrons. The van der Waals surface area contributed by atoms with E-state index in [1.807, 2.05) is 0 Å². The highest BCUT2D eigenvalue weighted by molar-refractivity contribution is 7.71. The molecule has 2 aromatic heterocycles. The zero-order chi connectivity index (χ0) is 7.84. The highest BCUT2D eigenvalue weighted by Gasteiger charge is 1.99. The summed E-state index contributed by atoms with van der Waals surface area (Å²) in [7, 11) is 0. The van der Waals surface area contributed by atoms with Crippen LogP contribution in [0.3, 0.4) is 0 Å². The molecule has 0 atom stereocenters. The highest BCUT2D eigenvalue weighted by atomic mass is 32.1. The monoisotopic (exact) mass is 167 g/mol. The van der Waals surface area contributed by atoms with Crippen molar-refractivity contribution in [1.29, 1.82) is 0 Å². The fourth-order valence-electron chi connectivity index (χ4n) is 0.874. The van der Waals surface area contributed by atoms with Crippen molar-refractivity contribution in [1.82, 2.24) is 20.2 Å². The topological polar surface area (TPSA) is 83.4 Å². The maximum Gasteiger partial charge on any atom is 0.200 e. The van der Waals surface area contributed by atoms with Gasteiger partial charge in [-0.3, -0.25) is 5.10 Å². The van der Waals surface area contributed by atoms with Gasteiger partial charge in [0.15, 0.2) is 10.4 Å². The minimum Gasteiger partial charge on any atom is -0.385 e. The number of nitrogen functional groups attached to an aromatic ring is 1. The highest BCUT2D eigenvalue weighted by Crippen LogP contribution is 2.12. The first-order valence-electron chi connectivity index (χ1n) is 2.96. The third-order valence-electron chi connectivity index (χ3n) is 1.36. The van der Waals surface area contributed by atoms with Crippen molar-refractivity contribution in [2.75, 3.05) is 5.73 Å². The number of H-pyrrole nitrogens is 2. The molecule has 5 nitrogen and oxygen atoms in total. The Hall–Kier alpha value is -1.43. The molecule has 0 saturated heterocycles. The lowest BCUT2D eigenvalue weighted by Gasteiger charge is -1.92. The number of nitrogens with two attached hydrogens (primary N) is 1. The van der Waals surface area contributed by atoms with Crippen LogP contribution in [0.1, 0.15) is 0 Å². The van der Waals surface area contributed by atoms with Crippen LogP contribution in [0.2, 0.25) is 0 Å². The molecule has 11 heavy (non-hydrogen) atoms. The van der Waals surface area contributed by atoms with E-state index in [2.05, 4.69) is 20.2 Å². The molecule has 2 aromatic rings. The summed E-state index contributed by atoms with van der Waals surface area (Å²) in [5.74, 6) is 0.494. The number of hydrogen-bond donors (Lipinski definition) is 3. The Bertz CT molecular complexity index is 441. The number of fused-ring (bicyclic) bond motifs is 1. The molecule has 0 fully saturated rings. The van der Waals surface area contributed by atoms with Crippen LogP contribution >= 0.6 is 12.2 Å². The Labute approximate surface area is 66.6 Å². The van der Waals surface area contributed by atoms with Crippen molar-refractivity contribution in [3.05, 3.63) is 11.0 Å². The molecular formula is C5H5N5S. The van der Waals surface area contributed by atoms with E-state index in [-0.39, 0.29) is 0 Å². The van der Waals surface area contributed by atoms with Crippen LogP contribution in [0.25, 0.3) is 11.0 Å². The lowest BCUT2D eigenvalue weighted by Crippen LogP contribution is -1.92. The second-order valence-electron chi connectivity index (χ2n) is 2.09. The third kappa shape index (κ3) is 0.874. The zero-order valence-corrected chi connectivity index (χ0v) is 6.27. The summed E-state index contributed by atoms with van der Waals surface area (Å²) >= 11 is 4.80. The fraction of sp³-hybridized carbons (Fsp3) is 0. The smallest absolute Gasteiger partial charge is 0.200 e. The van der Waals surface area contributed by atoms with Crippen LogP contribution in [0.15, 0.2) is 6.20 Å². The van der Waals surface area contributed by atoms with Crippen molar-refractivity contribution < 1.29 is 0 Å². The van der Waals surface area contributed by atoms with Crippen molar-refractivity contribution in [2.24, 2.45) is 0 Å². The molecule has 0 unspecified atom stereocenters. The van der Waals surface area contributed by atoms with E-state index < -0.39 is 0 Å². The molecule has 0 radical (unpaired) electrons. The Kier molecular flexibility index (Phi) is 1.16. The van der Waals surface area contributed by atoms with Gasteiger partial charge in [-0.25, -0.2) is 4.98 Å². The van der Waals surface area contributed by atoms with Gasteiger partial charge in [-0.2, -0.15) is 5.10 Å². The van der Waals surface area contributed by atoms with Crippen molar-refractivity contribution in [3.63, 3.8) is 0 Å². The summed E-state index contributed by atoms with van der Waals surface area (Å²) in [6, 6.07) is 0. The van der Waals surface area contributed by atoms with Gasteiger partial charge in [-0.15, -0.1) is 0 Å². The first kappa shape index (κ1) is 6.29. The van der Waals surface area contributed by atoms with Gasteiger partial charge >= 0.3 is 0 Å². The number of hydrogen-bond acceptors (Lipinski definition) is 4. The SMILES string of the molecule is Nc1[nH]c(=S)nc2[nH]ncc12. The van der Waals surface area contributed by atoms with Crippen LogP contribution in [-0.2, 0) is 0 Å². The Morgan fingerprint density at radius 3 is 3.18 bits per heavy atom. The summed E-state index contributed by atoms with van der Waals surface area (Å²) in [6.07, 6.45) is 1.60. The standard InChI is InChI=1S/C5H5N5S/c6-3-2-1-7-10-4(2)9-5(11)8-3/h1H,(H4,6,7,8,9,10,11). The first-order chi connectivity index (χ1) is 5.27. The molecule has 0 aliphatic heterocycles. The molecule has 6 heteroatoms. The summed E-state index contributed by atoms with van der Waals surface area (Å²) in [5, 5.41) is 7.21. The van der Waals surface area contributed by atoms with E-state index in [0.29, 0.717) is 16.2 Å². The summed E-state index contributed by atoms with van der Waals surface area (Å²) in [5.41, 5.74) is 6.20. The summed E-state index contributed by atoms with van der Waals surface area (Å²) in [4.78, 5) is 6.68. The van der Waals surface area contributed by atoms with Gasteiger partial charge in [0, 0.05) is 0 Å². The number of rotatable bonds is 0. The number of aromatic amines is 2. The maximum absolute atomic E-state index is 5.58. The molecule has 0 saturated carbocycles. The number of aromatic nitrogens is 4. The second-order valence-corrected chi connectivity index (χ2v) is 2.47. The lowest BCUT2D eigenvalue weighted by molar-refractivity contribution is 1.08. The fourth-order valence-corrected chi connectivity index (χ4v) is 1.07. The van der Waals surface area contributed by atoms with Crippen molar-refractivity contribution >= 4 is 29.1 Å². The average Bonchev–Trinajstić information content (AvgIpc) is 2.34. The molecule has 0 aliphatic rings. The Morgan fingerprint density at radius 1 is 1.55 bits per heavy atom. The van der Waals surface area contributed by atoms with E-state index in [4.69, 9.17) is 18.0 Å². The van der Waals surface area contributed by atoms with E-state index >= 15 is 0 Å². The molecule has 2 heterocycles. The quantitative estimate of drug-likeness (QED) is 0.501. The predicted octanol–water partition coefficient (Wildman–Crippen LogP) is 0.598. The zero-order valence-electron chi connectivity index (χ0n) is 5.46. The molecule has 0 aliphatic carbocycles. The van der Waals surface area contributed by atoms with Gasteiger partial charge in [0.05, 0.1) is 11.6 Å². The maximum atomic E-state index is 5.58. The van der Waals surface area contributed by atoms with E-state index in [1.165, 1.54) is 0 Å². The molecule has 0 aromatic carbocycles. The molecule has 0 amide bonds. The van der Waals surface area contributed by atoms with Gasteiger partial charge in [-0.05, 0) is 12.2 Å². The molecule has 0 bridgehead atoms. The first-order valence-corrected chi connectivity index (χ1v) is 3.37. The third-order valence-corrected chi connectivity index (χ3v) is 1.56. The van der Waals surface area contributed by atoms with Crippen LogP contribution in [0.4, 0.5) is 5.82 Å².